The number of halogens is 2. The molecule has 1 aliphatic heterocycles. The van der Waals surface area contributed by atoms with E-state index in [4.69, 9.17) is 11.6 Å². The zero-order valence-electron chi connectivity index (χ0n) is 12.5. The molecule has 1 aliphatic rings. The van der Waals surface area contributed by atoms with Gasteiger partial charge in [-0.25, -0.2) is 9.18 Å². The molecule has 0 saturated carbocycles. The van der Waals surface area contributed by atoms with Gasteiger partial charge in [0.2, 0.25) is 0 Å². The molecule has 0 spiro atoms. The van der Waals surface area contributed by atoms with Gasteiger partial charge >= 0.3 is 6.03 Å². The number of carbonyl (C=O) groups excluding carboxylic acids is 1. The summed E-state index contributed by atoms with van der Waals surface area (Å²) in [4.78, 5) is 17.5. The van der Waals surface area contributed by atoms with E-state index in [0.717, 1.165) is 24.0 Å². The normalized spacial score (nSPS) is 15.7. The molecule has 122 valence electrons. The van der Waals surface area contributed by atoms with E-state index in [9.17, 15) is 9.18 Å². The summed E-state index contributed by atoms with van der Waals surface area (Å²) in [6.45, 7) is 3.79. The second-order valence-electron chi connectivity index (χ2n) is 5.41. The molecular weight excluding hydrogens is 337 g/mol. The predicted molar refractivity (Wildman–Crippen MR) is 91.6 cm³/mol. The van der Waals surface area contributed by atoms with Crippen LogP contribution in [0.5, 0.6) is 0 Å². The van der Waals surface area contributed by atoms with Crippen LogP contribution in [-0.4, -0.2) is 42.0 Å². The van der Waals surface area contributed by atoms with Crippen LogP contribution in [0.3, 0.4) is 0 Å². The highest BCUT2D eigenvalue weighted by Gasteiger charge is 2.21. The van der Waals surface area contributed by atoms with E-state index >= 15 is 0 Å². The van der Waals surface area contributed by atoms with Crippen molar-refractivity contribution in [3.05, 3.63) is 51.4 Å². The molecule has 0 radical (unpaired) electrons. The largest absolute Gasteiger partial charge is 0.322 e. The van der Waals surface area contributed by atoms with E-state index in [1.54, 1.807) is 28.4 Å². The molecule has 1 aromatic carbocycles. The first kappa shape index (κ1) is 16.2. The standard InChI is InChI=1S/C16H17ClFN3OS/c17-15-5-4-14(23-15)11-20-6-8-21(9-7-20)16(22)19-13-3-1-2-12(18)10-13/h1-5,10H,6-9,11H2,(H,19,22). The van der Waals surface area contributed by atoms with Gasteiger partial charge in [0.05, 0.1) is 4.34 Å². The Hall–Kier alpha value is -1.63. The van der Waals surface area contributed by atoms with Gasteiger partial charge in [-0.05, 0) is 30.3 Å². The molecule has 1 saturated heterocycles. The average molecular weight is 354 g/mol. The van der Waals surface area contributed by atoms with Crippen molar-refractivity contribution in [2.45, 2.75) is 6.54 Å². The zero-order valence-corrected chi connectivity index (χ0v) is 14.0. The third-order valence-electron chi connectivity index (χ3n) is 3.74. The lowest BCUT2D eigenvalue weighted by Gasteiger charge is -2.34. The van der Waals surface area contributed by atoms with Crippen LogP contribution < -0.4 is 5.32 Å². The highest BCUT2D eigenvalue weighted by atomic mass is 35.5. The predicted octanol–water partition coefficient (Wildman–Crippen LogP) is 3.89. The summed E-state index contributed by atoms with van der Waals surface area (Å²) >= 11 is 7.53. The fourth-order valence-electron chi connectivity index (χ4n) is 2.53. The van der Waals surface area contributed by atoms with Gasteiger partial charge in [-0.2, -0.15) is 0 Å². The van der Waals surface area contributed by atoms with E-state index in [0.29, 0.717) is 18.8 Å². The molecule has 0 unspecified atom stereocenters. The average Bonchev–Trinajstić information content (AvgIpc) is 2.93. The van der Waals surface area contributed by atoms with Crippen molar-refractivity contribution in [3.8, 4) is 0 Å². The van der Waals surface area contributed by atoms with Gasteiger partial charge < -0.3 is 10.2 Å². The molecule has 2 aromatic rings. The number of carbonyl (C=O) groups is 1. The van der Waals surface area contributed by atoms with Crippen LogP contribution in [-0.2, 0) is 6.54 Å². The van der Waals surface area contributed by atoms with Crippen LogP contribution in [0.1, 0.15) is 4.88 Å². The fourth-order valence-corrected chi connectivity index (χ4v) is 3.67. The summed E-state index contributed by atoms with van der Waals surface area (Å²) in [5.74, 6) is -0.359. The third-order valence-corrected chi connectivity index (χ3v) is 4.96. The van der Waals surface area contributed by atoms with Crippen molar-refractivity contribution >= 4 is 34.7 Å². The quantitative estimate of drug-likeness (QED) is 0.908. The van der Waals surface area contributed by atoms with Crippen molar-refractivity contribution < 1.29 is 9.18 Å². The molecule has 2 heterocycles. The molecule has 0 aliphatic carbocycles. The monoisotopic (exact) mass is 353 g/mol. The van der Waals surface area contributed by atoms with Crippen LogP contribution in [0.25, 0.3) is 0 Å². The Kier molecular flexibility index (Phi) is 5.15. The van der Waals surface area contributed by atoms with Crippen molar-refractivity contribution in [1.82, 2.24) is 9.80 Å². The van der Waals surface area contributed by atoms with Crippen LogP contribution >= 0.6 is 22.9 Å². The maximum atomic E-state index is 13.1. The Morgan fingerprint density at radius 3 is 2.65 bits per heavy atom. The SMILES string of the molecule is O=C(Nc1cccc(F)c1)N1CCN(Cc2ccc(Cl)s2)CC1. The number of urea groups is 1. The molecule has 1 N–H and O–H groups in total. The van der Waals surface area contributed by atoms with Gasteiger partial charge in [-0.15, -0.1) is 11.3 Å². The third kappa shape index (κ3) is 4.43. The number of benzene rings is 1. The van der Waals surface area contributed by atoms with Gasteiger partial charge in [-0.3, -0.25) is 4.90 Å². The first-order valence-corrected chi connectivity index (χ1v) is 8.58. The Morgan fingerprint density at radius 1 is 1.22 bits per heavy atom. The molecule has 3 rings (SSSR count). The van der Waals surface area contributed by atoms with Crippen molar-refractivity contribution in [2.24, 2.45) is 0 Å². The highest BCUT2D eigenvalue weighted by molar-refractivity contribution is 7.16. The number of anilines is 1. The maximum Gasteiger partial charge on any atom is 0.321 e. The topological polar surface area (TPSA) is 35.6 Å². The number of piperazine rings is 1. The number of hydrogen-bond acceptors (Lipinski definition) is 3. The second kappa shape index (κ2) is 7.29. The Balaban J connectivity index is 1.49. The summed E-state index contributed by atoms with van der Waals surface area (Å²) in [6.07, 6.45) is 0. The molecule has 0 bridgehead atoms. The number of amides is 2. The minimum atomic E-state index is -0.359. The minimum Gasteiger partial charge on any atom is -0.322 e. The first-order valence-electron chi connectivity index (χ1n) is 7.38. The maximum absolute atomic E-state index is 13.1. The lowest BCUT2D eigenvalue weighted by atomic mass is 10.3. The lowest BCUT2D eigenvalue weighted by molar-refractivity contribution is 0.143. The second-order valence-corrected chi connectivity index (χ2v) is 7.21. The Morgan fingerprint density at radius 2 is 2.00 bits per heavy atom. The van der Waals surface area contributed by atoms with Gasteiger partial charge in [0, 0.05) is 43.3 Å². The number of rotatable bonds is 3. The highest BCUT2D eigenvalue weighted by Crippen LogP contribution is 2.23. The van der Waals surface area contributed by atoms with Crippen molar-refractivity contribution in [1.29, 1.82) is 0 Å². The number of thiophene rings is 1. The molecular formula is C16H17ClFN3OS. The number of nitrogens with zero attached hydrogens (tertiary/aromatic N) is 2. The Labute approximate surface area is 143 Å². The zero-order chi connectivity index (χ0) is 16.2. The van der Waals surface area contributed by atoms with Crippen LogP contribution in [0.4, 0.5) is 14.9 Å². The molecule has 0 atom stereocenters. The van der Waals surface area contributed by atoms with Gasteiger partial charge in [-0.1, -0.05) is 17.7 Å². The fraction of sp³-hybridized carbons (Fsp3) is 0.312. The molecule has 4 nitrogen and oxygen atoms in total. The summed E-state index contributed by atoms with van der Waals surface area (Å²) in [6, 6.07) is 9.68. The number of hydrogen-bond donors (Lipinski definition) is 1. The van der Waals surface area contributed by atoms with Crippen LogP contribution in [0.15, 0.2) is 36.4 Å². The van der Waals surface area contributed by atoms with E-state index < -0.39 is 0 Å². The first-order chi connectivity index (χ1) is 11.1. The molecule has 1 aromatic heterocycles. The molecule has 23 heavy (non-hydrogen) atoms. The molecule has 7 heteroatoms. The van der Waals surface area contributed by atoms with Crippen LogP contribution in [0, 0.1) is 5.82 Å². The van der Waals surface area contributed by atoms with Gasteiger partial charge in [0.25, 0.3) is 0 Å². The van der Waals surface area contributed by atoms with E-state index in [-0.39, 0.29) is 11.8 Å². The van der Waals surface area contributed by atoms with E-state index in [2.05, 4.69) is 10.2 Å². The summed E-state index contributed by atoms with van der Waals surface area (Å²) < 4.78 is 13.9. The van der Waals surface area contributed by atoms with Gasteiger partial charge in [0.15, 0.2) is 0 Å². The minimum absolute atomic E-state index is 0.186. The van der Waals surface area contributed by atoms with Crippen molar-refractivity contribution in [3.63, 3.8) is 0 Å². The van der Waals surface area contributed by atoms with Crippen LogP contribution in [0.2, 0.25) is 4.34 Å². The lowest BCUT2D eigenvalue weighted by Crippen LogP contribution is -2.49. The van der Waals surface area contributed by atoms with Crippen molar-refractivity contribution in [2.75, 3.05) is 31.5 Å². The smallest absolute Gasteiger partial charge is 0.321 e. The van der Waals surface area contributed by atoms with E-state index in [1.165, 1.54) is 17.0 Å². The number of nitrogens with one attached hydrogen (secondary N) is 1. The summed E-state index contributed by atoms with van der Waals surface area (Å²) in [5, 5.41) is 2.73. The van der Waals surface area contributed by atoms with Gasteiger partial charge in [0.1, 0.15) is 5.82 Å². The summed E-state index contributed by atoms with van der Waals surface area (Å²) in [5.41, 5.74) is 0.477. The summed E-state index contributed by atoms with van der Waals surface area (Å²) in [7, 11) is 0. The van der Waals surface area contributed by atoms with E-state index in [1.807, 2.05) is 12.1 Å². The molecule has 1 fully saturated rings. The Bertz CT molecular complexity index is 685. The molecule has 2 amide bonds.